The van der Waals surface area contributed by atoms with Crippen LogP contribution in [0.3, 0.4) is 0 Å². The molecule has 140 valence electrons. The van der Waals surface area contributed by atoms with E-state index in [-0.39, 0.29) is 23.3 Å². The summed E-state index contributed by atoms with van der Waals surface area (Å²) in [4.78, 5) is 20.0. The standard InChI is InChI=1S/C16H17N7O3S/c1-11-7-8-17-16(19-11)21-27(25,26)14-5-3-13(4-6-14)20-15(24)10-23-12(2)9-18-22-23/h3-9H,10H2,1-2H3,(H,20,24)(H,17,19,21). The van der Waals surface area contributed by atoms with E-state index in [1.807, 2.05) is 0 Å². The van der Waals surface area contributed by atoms with Gasteiger partial charge >= 0.3 is 0 Å². The Labute approximate surface area is 155 Å². The zero-order chi connectivity index (χ0) is 19.4. The topological polar surface area (TPSA) is 132 Å². The van der Waals surface area contributed by atoms with Gasteiger partial charge in [0.05, 0.1) is 16.8 Å². The number of aromatic nitrogens is 5. The third kappa shape index (κ3) is 4.64. The number of anilines is 2. The lowest BCUT2D eigenvalue weighted by Crippen LogP contribution is -2.20. The van der Waals surface area contributed by atoms with Crippen LogP contribution in [0.2, 0.25) is 0 Å². The second-order valence-corrected chi connectivity index (χ2v) is 7.42. The summed E-state index contributed by atoms with van der Waals surface area (Å²) >= 11 is 0. The van der Waals surface area contributed by atoms with E-state index >= 15 is 0 Å². The highest BCUT2D eigenvalue weighted by Crippen LogP contribution is 2.16. The van der Waals surface area contributed by atoms with Crippen LogP contribution < -0.4 is 10.0 Å². The highest BCUT2D eigenvalue weighted by atomic mass is 32.2. The van der Waals surface area contributed by atoms with Gasteiger partial charge in [0, 0.05) is 17.6 Å². The quantitative estimate of drug-likeness (QED) is 0.648. The van der Waals surface area contributed by atoms with Gasteiger partial charge in [0.2, 0.25) is 11.9 Å². The first-order valence-electron chi connectivity index (χ1n) is 7.91. The fourth-order valence-electron chi connectivity index (χ4n) is 2.20. The molecule has 1 amide bonds. The molecule has 10 nitrogen and oxygen atoms in total. The molecule has 2 heterocycles. The summed E-state index contributed by atoms with van der Waals surface area (Å²) in [7, 11) is -3.83. The van der Waals surface area contributed by atoms with Gasteiger partial charge in [-0.3, -0.25) is 4.79 Å². The molecule has 1 aromatic carbocycles. The minimum Gasteiger partial charge on any atom is -0.324 e. The fourth-order valence-corrected chi connectivity index (χ4v) is 3.15. The molecule has 0 bridgehead atoms. The molecule has 0 saturated heterocycles. The number of hydrogen-bond acceptors (Lipinski definition) is 7. The van der Waals surface area contributed by atoms with Crippen molar-refractivity contribution in [2.24, 2.45) is 0 Å². The minimum absolute atomic E-state index is 0.00409. The van der Waals surface area contributed by atoms with Crippen LogP contribution in [-0.4, -0.2) is 39.3 Å². The zero-order valence-electron chi connectivity index (χ0n) is 14.6. The summed E-state index contributed by atoms with van der Waals surface area (Å²) in [5, 5.41) is 10.2. The van der Waals surface area contributed by atoms with E-state index in [4.69, 9.17) is 0 Å². The lowest BCUT2D eigenvalue weighted by Gasteiger charge is -2.09. The minimum atomic E-state index is -3.83. The first-order chi connectivity index (χ1) is 12.8. The second-order valence-electron chi connectivity index (χ2n) is 5.73. The number of hydrogen-bond donors (Lipinski definition) is 2. The van der Waals surface area contributed by atoms with Crippen molar-refractivity contribution < 1.29 is 13.2 Å². The van der Waals surface area contributed by atoms with Gasteiger partial charge in [-0.1, -0.05) is 5.21 Å². The Hall–Kier alpha value is -3.34. The van der Waals surface area contributed by atoms with Crippen LogP contribution in [0.25, 0.3) is 0 Å². The molecule has 0 unspecified atom stereocenters. The highest BCUT2D eigenvalue weighted by Gasteiger charge is 2.16. The largest absolute Gasteiger partial charge is 0.324 e. The lowest BCUT2D eigenvalue weighted by atomic mass is 10.3. The van der Waals surface area contributed by atoms with Crippen molar-refractivity contribution in [3.63, 3.8) is 0 Å². The van der Waals surface area contributed by atoms with E-state index in [0.29, 0.717) is 11.4 Å². The maximum atomic E-state index is 12.4. The van der Waals surface area contributed by atoms with Gasteiger partial charge in [-0.15, -0.1) is 5.10 Å². The molecule has 0 spiro atoms. The van der Waals surface area contributed by atoms with E-state index in [9.17, 15) is 13.2 Å². The second kappa shape index (κ2) is 7.50. The van der Waals surface area contributed by atoms with Crippen molar-refractivity contribution >= 4 is 27.6 Å². The summed E-state index contributed by atoms with van der Waals surface area (Å²) in [6, 6.07) is 7.43. The monoisotopic (exact) mass is 387 g/mol. The molecule has 3 rings (SSSR count). The maximum absolute atomic E-state index is 12.4. The van der Waals surface area contributed by atoms with Gasteiger partial charge < -0.3 is 5.32 Å². The Kier molecular flexibility index (Phi) is 5.12. The van der Waals surface area contributed by atoms with Crippen LogP contribution in [0.15, 0.2) is 47.6 Å². The third-order valence-electron chi connectivity index (χ3n) is 3.57. The number of nitrogens with zero attached hydrogens (tertiary/aromatic N) is 5. The lowest BCUT2D eigenvalue weighted by molar-refractivity contribution is -0.117. The molecule has 0 saturated carbocycles. The SMILES string of the molecule is Cc1ccnc(NS(=O)(=O)c2ccc(NC(=O)Cn3nncc3C)cc2)n1. The van der Waals surface area contributed by atoms with Gasteiger partial charge in [0.25, 0.3) is 10.0 Å². The Bertz CT molecular complexity index is 1060. The van der Waals surface area contributed by atoms with E-state index in [1.165, 1.54) is 35.1 Å². The molecule has 0 atom stereocenters. The number of benzene rings is 1. The van der Waals surface area contributed by atoms with Crippen molar-refractivity contribution in [2.45, 2.75) is 25.3 Å². The number of rotatable bonds is 6. The molecule has 2 N–H and O–H groups in total. The molecule has 3 aromatic rings. The smallest absolute Gasteiger partial charge is 0.264 e. The average molecular weight is 387 g/mol. The fraction of sp³-hybridized carbons (Fsp3) is 0.188. The number of sulfonamides is 1. The van der Waals surface area contributed by atoms with Crippen LogP contribution in [-0.2, 0) is 21.4 Å². The highest BCUT2D eigenvalue weighted by molar-refractivity contribution is 7.92. The van der Waals surface area contributed by atoms with E-state index in [1.54, 1.807) is 26.1 Å². The Morgan fingerprint density at radius 3 is 2.52 bits per heavy atom. The number of aryl methyl sites for hydroxylation is 2. The van der Waals surface area contributed by atoms with E-state index in [2.05, 4.69) is 30.3 Å². The average Bonchev–Trinajstić information content (AvgIpc) is 2.99. The Balaban J connectivity index is 1.67. The zero-order valence-corrected chi connectivity index (χ0v) is 15.4. The van der Waals surface area contributed by atoms with Crippen LogP contribution in [0, 0.1) is 13.8 Å². The van der Waals surface area contributed by atoms with Crippen molar-refractivity contribution in [1.82, 2.24) is 25.0 Å². The normalized spacial score (nSPS) is 11.2. The number of nitrogens with one attached hydrogen (secondary N) is 2. The van der Waals surface area contributed by atoms with Gasteiger partial charge in [0.1, 0.15) is 6.54 Å². The molecule has 0 aliphatic heterocycles. The number of carbonyl (C=O) groups is 1. The van der Waals surface area contributed by atoms with Gasteiger partial charge in [0.15, 0.2) is 0 Å². The first-order valence-corrected chi connectivity index (χ1v) is 9.39. The number of carbonyl (C=O) groups excluding carboxylic acids is 1. The Morgan fingerprint density at radius 2 is 1.89 bits per heavy atom. The summed E-state index contributed by atoms with van der Waals surface area (Å²) in [6.07, 6.45) is 3.02. The molecule has 0 radical (unpaired) electrons. The Morgan fingerprint density at radius 1 is 1.15 bits per heavy atom. The molecule has 27 heavy (non-hydrogen) atoms. The first kappa shape index (κ1) is 18.5. The van der Waals surface area contributed by atoms with Gasteiger partial charge in [-0.25, -0.2) is 27.8 Å². The van der Waals surface area contributed by atoms with Crippen molar-refractivity contribution in [1.29, 1.82) is 0 Å². The molecule has 2 aromatic heterocycles. The van der Waals surface area contributed by atoms with Crippen LogP contribution >= 0.6 is 0 Å². The van der Waals surface area contributed by atoms with Gasteiger partial charge in [-0.05, 0) is 44.2 Å². The molecule has 11 heteroatoms. The van der Waals surface area contributed by atoms with Crippen molar-refractivity contribution in [3.05, 3.63) is 54.1 Å². The van der Waals surface area contributed by atoms with E-state index < -0.39 is 10.0 Å². The predicted molar refractivity (Wildman–Crippen MR) is 97.4 cm³/mol. The van der Waals surface area contributed by atoms with Crippen LogP contribution in [0.4, 0.5) is 11.6 Å². The molecule has 0 fully saturated rings. The molecule has 0 aliphatic carbocycles. The van der Waals surface area contributed by atoms with Crippen molar-refractivity contribution in [2.75, 3.05) is 10.0 Å². The maximum Gasteiger partial charge on any atom is 0.264 e. The summed E-state index contributed by atoms with van der Waals surface area (Å²) < 4.78 is 28.6. The van der Waals surface area contributed by atoms with Gasteiger partial charge in [-0.2, -0.15) is 0 Å². The predicted octanol–water partition coefficient (Wildman–Crippen LogP) is 1.12. The molecular weight excluding hydrogens is 370 g/mol. The van der Waals surface area contributed by atoms with E-state index in [0.717, 1.165) is 5.69 Å². The summed E-state index contributed by atoms with van der Waals surface area (Å²) in [5.74, 6) is -0.305. The summed E-state index contributed by atoms with van der Waals surface area (Å²) in [5.41, 5.74) is 1.86. The molecular formula is C16H17N7O3S. The number of amides is 1. The molecule has 0 aliphatic rings. The van der Waals surface area contributed by atoms with Crippen LogP contribution in [0.1, 0.15) is 11.4 Å². The van der Waals surface area contributed by atoms with Crippen molar-refractivity contribution in [3.8, 4) is 0 Å². The van der Waals surface area contributed by atoms with Crippen LogP contribution in [0.5, 0.6) is 0 Å². The third-order valence-corrected chi connectivity index (χ3v) is 4.92. The summed E-state index contributed by atoms with van der Waals surface area (Å²) in [6.45, 7) is 3.54.